The molecule has 0 spiro atoms. The van der Waals surface area contributed by atoms with Crippen LogP contribution in [0.2, 0.25) is 0 Å². The topological polar surface area (TPSA) is 101 Å². The number of rotatable bonds is 4. The number of ketones is 1. The van der Waals surface area contributed by atoms with Crippen LogP contribution in [0.3, 0.4) is 0 Å². The zero-order valence-electron chi connectivity index (χ0n) is 17.4. The lowest BCUT2D eigenvalue weighted by Crippen LogP contribution is -2.54. The van der Waals surface area contributed by atoms with Gasteiger partial charge < -0.3 is 14.9 Å². The first-order valence-electron chi connectivity index (χ1n) is 11.0. The number of carboxylic acid groups (broad SMARTS) is 1. The van der Waals surface area contributed by atoms with Crippen LogP contribution in [-0.2, 0) is 19.1 Å². The Kier molecular flexibility index (Phi) is 5.12. The number of hydrogen-bond acceptors (Lipinski definition) is 5. The zero-order valence-corrected chi connectivity index (χ0v) is 17.4. The molecule has 0 aliphatic heterocycles. The van der Waals surface area contributed by atoms with E-state index in [4.69, 9.17) is 9.84 Å². The SMILES string of the molecule is C[C@]12CCC(O)C=C1[C@H](OC(=O)CCC(=O)O)CC1C2CC[C@]2(C)C(=O)CCC12. The van der Waals surface area contributed by atoms with E-state index >= 15 is 0 Å². The fourth-order valence-corrected chi connectivity index (χ4v) is 7.04. The number of carboxylic acids is 1. The molecule has 4 aliphatic carbocycles. The van der Waals surface area contributed by atoms with Crippen molar-refractivity contribution in [3.05, 3.63) is 11.6 Å². The van der Waals surface area contributed by atoms with E-state index in [9.17, 15) is 19.5 Å². The number of aliphatic hydroxyl groups excluding tert-OH is 1. The largest absolute Gasteiger partial charge is 0.481 e. The highest BCUT2D eigenvalue weighted by molar-refractivity contribution is 5.87. The van der Waals surface area contributed by atoms with E-state index in [2.05, 4.69) is 13.8 Å². The molecule has 3 saturated carbocycles. The van der Waals surface area contributed by atoms with Crippen LogP contribution in [0.1, 0.15) is 71.6 Å². The predicted molar refractivity (Wildman–Crippen MR) is 105 cm³/mol. The maximum Gasteiger partial charge on any atom is 0.306 e. The van der Waals surface area contributed by atoms with Crippen molar-refractivity contribution in [2.45, 2.75) is 83.8 Å². The summed E-state index contributed by atoms with van der Waals surface area (Å²) in [5, 5.41) is 19.1. The number of Topliss-reactive ketones (excluding diaryl/α,β-unsaturated/α-hetero) is 1. The molecule has 3 fully saturated rings. The second-order valence-electron chi connectivity index (χ2n) is 10.0. The average molecular weight is 405 g/mol. The molecule has 0 aromatic carbocycles. The van der Waals surface area contributed by atoms with Gasteiger partial charge >= 0.3 is 11.9 Å². The molecule has 0 aromatic heterocycles. The first-order valence-corrected chi connectivity index (χ1v) is 11.0. The van der Waals surface area contributed by atoms with Crippen LogP contribution in [0, 0.1) is 28.6 Å². The molecule has 4 rings (SSSR count). The second-order valence-corrected chi connectivity index (χ2v) is 10.0. The molecule has 0 amide bonds. The maximum absolute atomic E-state index is 12.6. The van der Waals surface area contributed by atoms with Crippen LogP contribution < -0.4 is 0 Å². The number of aliphatic hydroxyl groups is 1. The van der Waals surface area contributed by atoms with Gasteiger partial charge in [-0.3, -0.25) is 14.4 Å². The van der Waals surface area contributed by atoms with Gasteiger partial charge in [0.15, 0.2) is 0 Å². The van der Waals surface area contributed by atoms with Crippen LogP contribution in [0.25, 0.3) is 0 Å². The number of hydrogen-bond donors (Lipinski definition) is 2. The lowest BCUT2D eigenvalue weighted by molar-refractivity contribution is -0.158. The van der Waals surface area contributed by atoms with Crippen LogP contribution >= 0.6 is 0 Å². The third-order valence-corrected chi connectivity index (χ3v) is 8.61. The summed E-state index contributed by atoms with van der Waals surface area (Å²) in [6, 6.07) is 0. The van der Waals surface area contributed by atoms with Crippen molar-refractivity contribution < 1.29 is 29.3 Å². The van der Waals surface area contributed by atoms with Gasteiger partial charge in [-0.15, -0.1) is 0 Å². The molecule has 0 radical (unpaired) electrons. The minimum atomic E-state index is -1.02. The molecule has 0 bridgehead atoms. The van der Waals surface area contributed by atoms with E-state index in [1.807, 2.05) is 6.08 Å². The molecule has 160 valence electrons. The van der Waals surface area contributed by atoms with Gasteiger partial charge in [0.1, 0.15) is 11.9 Å². The van der Waals surface area contributed by atoms with Gasteiger partial charge in [0.25, 0.3) is 0 Å². The minimum Gasteiger partial charge on any atom is -0.481 e. The van der Waals surface area contributed by atoms with Crippen molar-refractivity contribution in [1.29, 1.82) is 0 Å². The third kappa shape index (κ3) is 3.33. The van der Waals surface area contributed by atoms with Crippen molar-refractivity contribution in [3.63, 3.8) is 0 Å². The van der Waals surface area contributed by atoms with Crippen molar-refractivity contribution in [2.24, 2.45) is 28.6 Å². The number of carbonyl (C=O) groups is 3. The van der Waals surface area contributed by atoms with Crippen LogP contribution in [0.15, 0.2) is 11.6 Å². The Balaban J connectivity index is 1.64. The lowest BCUT2D eigenvalue weighted by Gasteiger charge is -2.58. The molecule has 6 heteroatoms. The molecule has 6 nitrogen and oxygen atoms in total. The fourth-order valence-electron chi connectivity index (χ4n) is 7.04. The molecule has 2 N–H and O–H groups in total. The van der Waals surface area contributed by atoms with Crippen molar-refractivity contribution in [1.82, 2.24) is 0 Å². The highest BCUT2D eigenvalue weighted by atomic mass is 16.5. The Hall–Kier alpha value is -1.69. The monoisotopic (exact) mass is 404 g/mol. The molecule has 7 atom stereocenters. The maximum atomic E-state index is 12.6. The number of aliphatic carboxylic acids is 1. The first kappa shape index (κ1) is 20.6. The Morgan fingerprint density at radius 3 is 2.52 bits per heavy atom. The molecule has 29 heavy (non-hydrogen) atoms. The number of carbonyl (C=O) groups excluding carboxylic acids is 2. The summed E-state index contributed by atoms with van der Waals surface area (Å²) in [6.45, 7) is 4.36. The molecule has 0 heterocycles. The normalized spacial score (nSPS) is 43.6. The van der Waals surface area contributed by atoms with Gasteiger partial charge in [-0.25, -0.2) is 0 Å². The van der Waals surface area contributed by atoms with E-state index in [-0.39, 0.29) is 23.7 Å². The number of esters is 1. The molecular weight excluding hydrogens is 372 g/mol. The van der Waals surface area contributed by atoms with Gasteiger partial charge in [0.05, 0.1) is 18.9 Å². The summed E-state index contributed by atoms with van der Waals surface area (Å²) in [6.07, 6.45) is 6.21. The van der Waals surface area contributed by atoms with Gasteiger partial charge in [-0.05, 0) is 67.3 Å². The van der Waals surface area contributed by atoms with E-state index in [1.54, 1.807) is 0 Å². The Morgan fingerprint density at radius 2 is 1.79 bits per heavy atom. The molecular formula is C23H32O6. The number of ether oxygens (including phenoxy) is 1. The zero-order chi connectivity index (χ0) is 21.0. The predicted octanol–water partition coefficient (Wildman–Crippen LogP) is 3.27. The summed E-state index contributed by atoms with van der Waals surface area (Å²) in [4.78, 5) is 35.8. The van der Waals surface area contributed by atoms with E-state index in [1.165, 1.54) is 0 Å². The molecule has 4 unspecified atom stereocenters. The molecule has 4 aliphatic rings. The molecule has 0 saturated heterocycles. The van der Waals surface area contributed by atoms with Crippen LogP contribution in [0.5, 0.6) is 0 Å². The Bertz CT molecular complexity index is 756. The van der Waals surface area contributed by atoms with Gasteiger partial charge in [-0.1, -0.05) is 19.9 Å². The highest BCUT2D eigenvalue weighted by Gasteiger charge is 2.61. The Morgan fingerprint density at radius 1 is 1.10 bits per heavy atom. The van der Waals surface area contributed by atoms with E-state index in [0.29, 0.717) is 42.8 Å². The first-order chi connectivity index (χ1) is 13.6. The van der Waals surface area contributed by atoms with Crippen molar-refractivity contribution >= 4 is 17.7 Å². The lowest BCUT2D eigenvalue weighted by atomic mass is 9.47. The third-order valence-electron chi connectivity index (χ3n) is 8.61. The van der Waals surface area contributed by atoms with Crippen LogP contribution in [0.4, 0.5) is 0 Å². The van der Waals surface area contributed by atoms with E-state index in [0.717, 1.165) is 31.3 Å². The quantitative estimate of drug-likeness (QED) is 0.551. The number of fused-ring (bicyclic) bond motifs is 5. The van der Waals surface area contributed by atoms with E-state index < -0.39 is 24.1 Å². The summed E-state index contributed by atoms with van der Waals surface area (Å²) in [7, 11) is 0. The summed E-state index contributed by atoms with van der Waals surface area (Å²) >= 11 is 0. The van der Waals surface area contributed by atoms with Crippen LogP contribution in [-0.4, -0.2) is 40.1 Å². The van der Waals surface area contributed by atoms with Gasteiger partial charge in [0, 0.05) is 11.8 Å². The van der Waals surface area contributed by atoms with Crippen molar-refractivity contribution in [3.8, 4) is 0 Å². The summed E-state index contributed by atoms with van der Waals surface area (Å²) in [5.74, 6) is -0.0784. The van der Waals surface area contributed by atoms with Gasteiger partial charge in [-0.2, -0.15) is 0 Å². The fraction of sp³-hybridized carbons (Fsp3) is 0.783. The highest BCUT2D eigenvalue weighted by Crippen LogP contribution is 2.64. The summed E-state index contributed by atoms with van der Waals surface area (Å²) < 4.78 is 5.82. The molecule has 0 aromatic rings. The standard InChI is InChI=1S/C23H32O6/c1-22-9-7-13(24)11-17(22)18(29-21(28)6-5-20(26)27)12-14-15-3-4-19(25)23(15,2)10-8-16(14)22/h11,13-16,18,24H,3-10,12H2,1-2H3,(H,26,27)/t13?,14?,15?,16?,18-,22-,23+/m1/s1. The average Bonchev–Trinajstić information content (AvgIpc) is 2.96. The second kappa shape index (κ2) is 7.22. The smallest absolute Gasteiger partial charge is 0.306 e. The minimum absolute atomic E-state index is 0.146. The summed E-state index contributed by atoms with van der Waals surface area (Å²) in [5.41, 5.74) is 0.603. The Labute approximate surface area is 171 Å². The van der Waals surface area contributed by atoms with Crippen molar-refractivity contribution in [2.75, 3.05) is 0 Å². The van der Waals surface area contributed by atoms with Gasteiger partial charge in [0.2, 0.25) is 0 Å².